The van der Waals surface area contributed by atoms with Crippen LogP contribution in [0.4, 0.5) is 0 Å². The molecule has 2 unspecified atom stereocenters. The molecule has 1 amide bonds. The lowest BCUT2D eigenvalue weighted by Gasteiger charge is -2.23. The van der Waals surface area contributed by atoms with Gasteiger partial charge in [0.05, 0.1) is 0 Å². The number of nitrogens with one attached hydrogen (secondary N) is 1. The molecular weight excluding hydrogens is 198 g/mol. The topological polar surface area (TPSA) is 29.1 Å². The smallest absolute Gasteiger partial charge is 0.224 e. The zero-order chi connectivity index (χ0) is 10.3. The highest BCUT2D eigenvalue weighted by molar-refractivity contribution is 6.18. The van der Waals surface area contributed by atoms with Gasteiger partial charge in [-0.3, -0.25) is 4.79 Å². The van der Waals surface area contributed by atoms with Crippen LogP contribution in [-0.2, 0) is 4.79 Å². The summed E-state index contributed by atoms with van der Waals surface area (Å²) in [5.41, 5.74) is -0.254. The lowest BCUT2D eigenvalue weighted by Crippen LogP contribution is -2.46. The van der Waals surface area contributed by atoms with Crippen molar-refractivity contribution >= 4 is 17.5 Å². The highest BCUT2D eigenvalue weighted by Crippen LogP contribution is 2.57. The fraction of sp³-hybridized carbons (Fsp3) is 0.909. The fourth-order valence-electron chi connectivity index (χ4n) is 2.66. The second-order valence-electron chi connectivity index (χ2n) is 5.29. The third kappa shape index (κ3) is 1.77. The number of hydrogen-bond donors (Lipinski definition) is 1. The zero-order valence-corrected chi connectivity index (χ0v) is 9.60. The van der Waals surface area contributed by atoms with Gasteiger partial charge in [-0.15, -0.1) is 11.6 Å². The van der Waals surface area contributed by atoms with E-state index in [0.717, 1.165) is 0 Å². The van der Waals surface area contributed by atoms with Gasteiger partial charge >= 0.3 is 0 Å². The SMILES string of the molecule is CC(C)(CCl)NC(=O)C1C2CCCC21. The van der Waals surface area contributed by atoms with Crippen LogP contribution in [-0.4, -0.2) is 17.3 Å². The summed E-state index contributed by atoms with van der Waals surface area (Å²) in [6.07, 6.45) is 3.83. The summed E-state index contributed by atoms with van der Waals surface area (Å²) in [5.74, 6) is 2.40. The first-order valence-electron chi connectivity index (χ1n) is 5.43. The van der Waals surface area contributed by atoms with Crippen LogP contribution in [0.25, 0.3) is 0 Å². The summed E-state index contributed by atoms with van der Waals surface area (Å²) in [7, 11) is 0. The van der Waals surface area contributed by atoms with E-state index in [2.05, 4.69) is 5.32 Å². The number of rotatable bonds is 3. The Hall–Kier alpha value is -0.240. The molecule has 2 aliphatic carbocycles. The maximum Gasteiger partial charge on any atom is 0.224 e. The molecule has 0 bridgehead atoms. The third-order valence-corrected chi connectivity index (χ3v) is 4.17. The van der Waals surface area contributed by atoms with Gasteiger partial charge in [0, 0.05) is 17.3 Å². The maximum atomic E-state index is 11.8. The molecule has 80 valence electrons. The van der Waals surface area contributed by atoms with Crippen molar-refractivity contribution in [3.05, 3.63) is 0 Å². The van der Waals surface area contributed by atoms with Crippen LogP contribution < -0.4 is 5.32 Å². The van der Waals surface area contributed by atoms with Gasteiger partial charge in [-0.2, -0.15) is 0 Å². The molecule has 2 nitrogen and oxygen atoms in total. The van der Waals surface area contributed by atoms with E-state index < -0.39 is 0 Å². The highest BCUT2D eigenvalue weighted by Gasteiger charge is 2.56. The summed E-state index contributed by atoms with van der Waals surface area (Å²) in [5, 5.41) is 3.03. The van der Waals surface area contributed by atoms with Crippen LogP contribution in [0, 0.1) is 17.8 Å². The predicted octanol–water partition coefficient (Wildman–Crippen LogP) is 2.17. The van der Waals surface area contributed by atoms with Crippen molar-refractivity contribution in [3.63, 3.8) is 0 Å². The molecule has 0 aromatic rings. The van der Waals surface area contributed by atoms with Gasteiger partial charge in [0.25, 0.3) is 0 Å². The fourth-order valence-corrected chi connectivity index (χ4v) is 2.73. The molecule has 1 N–H and O–H groups in total. The third-order valence-electron chi connectivity index (χ3n) is 3.50. The van der Waals surface area contributed by atoms with Crippen molar-refractivity contribution in [3.8, 4) is 0 Å². The lowest BCUT2D eigenvalue weighted by molar-refractivity contribution is -0.124. The quantitative estimate of drug-likeness (QED) is 0.719. The van der Waals surface area contributed by atoms with Crippen molar-refractivity contribution in [2.75, 3.05) is 5.88 Å². The predicted molar refractivity (Wildman–Crippen MR) is 57.3 cm³/mol. The lowest BCUT2D eigenvalue weighted by atomic mass is 10.1. The van der Waals surface area contributed by atoms with Gasteiger partial charge in [-0.1, -0.05) is 6.42 Å². The first-order chi connectivity index (χ1) is 6.55. The average Bonchev–Trinajstić information content (AvgIpc) is 2.61. The molecule has 2 aliphatic rings. The molecule has 0 aromatic heterocycles. The zero-order valence-electron chi connectivity index (χ0n) is 8.85. The van der Waals surface area contributed by atoms with Gasteiger partial charge in [-0.25, -0.2) is 0 Å². The van der Waals surface area contributed by atoms with Crippen LogP contribution >= 0.6 is 11.6 Å². The van der Waals surface area contributed by atoms with Crippen LogP contribution in [0.3, 0.4) is 0 Å². The van der Waals surface area contributed by atoms with Crippen LogP contribution in [0.15, 0.2) is 0 Å². The summed E-state index contributed by atoms with van der Waals surface area (Å²) in [6.45, 7) is 3.94. The first-order valence-corrected chi connectivity index (χ1v) is 5.96. The summed E-state index contributed by atoms with van der Waals surface area (Å²) < 4.78 is 0. The minimum absolute atomic E-state index is 0.227. The number of amides is 1. The van der Waals surface area contributed by atoms with Gasteiger partial charge < -0.3 is 5.32 Å². The van der Waals surface area contributed by atoms with Gasteiger partial charge in [0.1, 0.15) is 0 Å². The second-order valence-corrected chi connectivity index (χ2v) is 5.56. The average molecular weight is 216 g/mol. The second kappa shape index (κ2) is 3.41. The van der Waals surface area contributed by atoms with E-state index in [1.54, 1.807) is 0 Å². The molecular formula is C11H18ClNO. The Morgan fingerprint density at radius 1 is 1.43 bits per heavy atom. The molecule has 0 aliphatic heterocycles. The summed E-state index contributed by atoms with van der Waals surface area (Å²) in [4.78, 5) is 11.8. The van der Waals surface area contributed by atoms with Gasteiger partial charge in [-0.05, 0) is 38.5 Å². The van der Waals surface area contributed by atoms with Crippen LogP contribution in [0.2, 0.25) is 0 Å². The van der Waals surface area contributed by atoms with E-state index in [1.807, 2.05) is 13.8 Å². The Balaban J connectivity index is 1.86. The molecule has 0 radical (unpaired) electrons. The Kier molecular flexibility index (Phi) is 2.50. The van der Waals surface area contributed by atoms with E-state index in [4.69, 9.17) is 11.6 Å². The molecule has 0 heterocycles. The molecule has 2 atom stereocenters. The Bertz CT molecular complexity index is 242. The standard InChI is InChI=1S/C11H18ClNO/c1-11(2,6-12)13-10(14)9-7-4-3-5-8(7)9/h7-9H,3-6H2,1-2H3,(H,13,14). The summed E-state index contributed by atoms with van der Waals surface area (Å²) in [6, 6.07) is 0. The first kappa shape index (κ1) is 10.3. The largest absolute Gasteiger partial charge is 0.350 e. The molecule has 0 saturated heterocycles. The maximum absolute atomic E-state index is 11.8. The van der Waals surface area contributed by atoms with E-state index in [1.165, 1.54) is 19.3 Å². The molecule has 0 aromatic carbocycles. The van der Waals surface area contributed by atoms with Crippen LogP contribution in [0.1, 0.15) is 33.1 Å². The van der Waals surface area contributed by atoms with Gasteiger partial charge in [0.2, 0.25) is 5.91 Å². The van der Waals surface area contributed by atoms with Crippen molar-refractivity contribution in [2.45, 2.75) is 38.6 Å². The van der Waals surface area contributed by atoms with E-state index >= 15 is 0 Å². The highest BCUT2D eigenvalue weighted by atomic mass is 35.5. The molecule has 0 spiro atoms. The molecule has 3 heteroatoms. The van der Waals surface area contributed by atoms with Crippen molar-refractivity contribution in [1.29, 1.82) is 0 Å². The van der Waals surface area contributed by atoms with E-state index in [0.29, 0.717) is 23.6 Å². The number of alkyl halides is 1. The van der Waals surface area contributed by atoms with Crippen molar-refractivity contribution < 1.29 is 4.79 Å². The molecule has 2 saturated carbocycles. The number of carbonyl (C=O) groups excluding carboxylic acids is 1. The van der Waals surface area contributed by atoms with E-state index in [9.17, 15) is 4.79 Å². The number of fused-ring (bicyclic) bond motifs is 1. The molecule has 14 heavy (non-hydrogen) atoms. The summed E-state index contributed by atoms with van der Waals surface area (Å²) >= 11 is 5.77. The van der Waals surface area contributed by atoms with E-state index in [-0.39, 0.29) is 11.4 Å². The van der Waals surface area contributed by atoms with Gasteiger partial charge in [0.15, 0.2) is 0 Å². The Morgan fingerprint density at radius 3 is 2.50 bits per heavy atom. The Morgan fingerprint density at radius 2 is 2.00 bits per heavy atom. The van der Waals surface area contributed by atoms with Crippen molar-refractivity contribution in [1.82, 2.24) is 5.32 Å². The normalized spacial score (nSPS) is 35.2. The minimum Gasteiger partial charge on any atom is -0.350 e. The van der Waals surface area contributed by atoms with Crippen molar-refractivity contribution in [2.24, 2.45) is 17.8 Å². The van der Waals surface area contributed by atoms with Crippen LogP contribution in [0.5, 0.6) is 0 Å². The molecule has 2 fully saturated rings. The minimum atomic E-state index is -0.254. The number of carbonyl (C=O) groups is 1. The number of hydrogen-bond acceptors (Lipinski definition) is 1. The Labute approximate surface area is 90.4 Å². The number of halogens is 1. The molecule has 2 rings (SSSR count). The monoisotopic (exact) mass is 215 g/mol.